The summed E-state index contributed by atoms with van der Waals surface area (Å²) in [5.41, 5.74) is 7.85. The fourth-order valence-corrected chi connectivity index (χ4v) is 4.29. The average molecular weight is 478 g/mol. The number of hydrogen-bond acceptors (Lipinski definition) is 7. The average Bonchev–Trinajstić information content (AvgIpc) is 3.50. The molecule has 1 aliphatic heterocycles. The lowest BCUT2D eigenvalue weighted by atomic mass is 9.99. The Hall–Kier alpha value is -3.08. The van der Waals surface area contributed by atoms with Crippen LogP contribution in [0.15, 0.2) is 23.3 Å². The van der Waals surface area contributed by atoms with E-state index in [0.717, 1.165) is 19.1 Å². The minimum Gasteiger partial charge on any atom is -0.446 e. The molecule has 33 heavy (non-hydrogen) atoms. The molecule has 1 aromatic rings. The minimum absolute atomic E-state index is 0.217. The van der Waals surface area contributed by atoms with Gasteiger partial charge in [0.05, 0.1) is 41.5 Å². The van der Waals surface area contributed by atoms with E-state index in [-0.39, 0.29) is 36.3 Å². The topological polar surface area (TPSA) is 134 Å². The zero-order valence-corrected chi connectivity index (χ0v) is 20.3. The fourth-order valence-electron chi connectivity index (χ4n) is 3.72. The van der Waals surface area contributed by atoms with Crippen LogP contribution in [0, 0.1) is 0 Å². The Balaban J connectivity index is 2.23. The van der Waals surface area contributed by atoms with Crippen molar-refractivity contribution >= 4 is 50.9 Å². The molecule has 1 aromatic carbocycles. The van der Waals surface area contributed by atoms with Crippen molar-refractivity contribution in [3.05, 3.63) is 23.9 Å². The van der Waals surface area contributed by atoms with E-state index in [0.29, 0.717) is 22.5 Å². The van der Waals surface area contributed by atoms with Gasteiger partial charge in [-0.3, -0.25) is 19.4 Å². The maximum Gasteiger partial charge on any atom is 0.414 e. The van der Waals surface area contributed by atoms with Gasteiger partial charge < -0.3 is 15.4 Å². The van der Waals surface area contributed by atoms with Gasteiger partial charge in [0.25, 0.3) is 0 Å². The van der Waals surface area contributed by atoms with Gasteiger partial charge in [0.15, 0.2) is 0 Å². The number of anilines is 3. The predicted octanol–water partition coefficient (Wildman–Crippen LogP) is 2.70. The van der Waals surface area contributed by atoms with Gasteiger partial charge in [-0.1, -0.05) is 0 Å². The van der Waals surface area contributed by atoms with Crippen LogP contribution in [0.5, 0.6) is 0 Å². The number of rotatable bonds is 6. The Morgan fingerprint density at radius 2 is 1.94 bits per heavy atom. The molecule has 0 spiro atoms. The summed E-state index contributed by atoms with van der Waals surface area (Å²) in [5, 5.41) is 0. The van der Waals surface area contributed by atoms with Gasteiger partial charge in [-0.2, -0.15) is 0 Å². The van der Waals surface area contributed by atoms with Crippen LogP contribution < -0.4 is 20.3 Å². The lowest BCUT2D eigenvalue weighted by Gasteiger charge is -2.41. The first-order chi connectivity index (χ1) is 15.4. The van der Waals surface area contributed by atoms with E-state index in [1.54, 1.807) is 32.2 Å². The Bertz CT molecular complexity index is 1110. The van der Waals surface area contributed by atoms with E-state index < -0.39 is 16.1 Å². The number of benzene rings is 1. The lowest BCUT2D eigenvalue weighted by molar-refractivity contribution is -0.117. The summed E-state index contributed by atoms with van der Waals surface area (Å²) >= 11 is 0. The van der Waals surface area contributed by atoms with Crippen molar-refractivity contribution in [1.29, 1.82) is 0 Å². The van der Waals surface area contributed by atoms with Crippen LogP contribution in [0.1, 0.15) is 46.1 Å². The molecular weight excluding hydrogens is 446 g/mol. The van der Waals surface area contributed by atoms with E-state index in [1.165, 1.54) is 22.9 Å². The maximum atomic E-state index is 12.9. The number of carbonyl (C=O) groups is 2. The first-order valence-electron chi connectivity index (χ1n) is 10.8. The number of ether oxygens (including phenoxy) is 1. The zero-order chi connectivity index (χ0) is 24.5. The Morgan fingerprint density at radius 3 is 2.45 bits per heavy atom. The third-order valence-electron chi connectivity index (χ3n) is 5.21. The van der Waals surface area contributed by atoms with Gasteiger partial charge in [0.1, 0.15) is 0 Å². The summed E-state index contributed by atoms with van der Waals surface area (Å²) in [6, 6.07) is 3.07. The first kappa shape index (κ1) is 24.6. The van der Waals surface area contributed by atoms with Gasteiger partial charge in [-0.25, -0.2) is 13.2 Å². The summed E-state index contributed by atoms with van der Waals surface area (Å²) in [5.74, 6) is -0.233. The summed E-state index contributed by atoms with van der Waals surface area (Å²) in [4.78, 5) is 32.8. The van der Waals surface area contributed by atoms with Gasteiger partial charge >= 0.3 is 6.09 Å². The second-order valence-electron chi connectivity index (χ2n) is 8.67. The van der Waals surface area contributed by atoms with E-state index in [1.807, 2.05) is 6.92 Å². The highest BCUT2D eigenvalue weighted by atomic mass is 32.2. The van der Waals surface area contributed by atoms with Crippen molar-refractivity contribution in [3.8, 4) is 0 Å². The lowest BCUT2D eigenvalue weighted by Crippen LogP contribution is -2.51. The van der Waals surface area contributed by atoms with Crippen molar-refractivity contribution < 1.29 is 22.7 Å². The van der Waals surface area contributed by atoms with Crippen molar-refractivity contribution in [1.82, 2.24) is 0 Å². The number of allylic oxidation sites excluding steroid dienone is 1. The van der Waals surface area contributed by atoms with Crippen LogP contribution in [0.3, 0.4) is 0 Å². The molecule has 11 heteroatoms. The van der Waals surface area contributed by atoms with Crippen LogP contribution in [0.4, 0.5) is 21.9 Å². The number of aliphatic imine (C=N–C) groups is 1. The van der Waals surface area contributed by atoms with E-state index in [4.69, 9.17) is 10.5 Å². The van der Waals surface area contributed by atoms with Gasteiger partial charge in [-0.05, 0) is 45.7 Å². The fraction of sp³-hybridized carbons (Fsp3) is 0.500. The molecule has 1 aliphatic carbocycles. The summed E-state index contributed by atoms with van der Waals surface area (Å²) < 4.78 is 32.2. The second-order valence-corrected chi connectivity index (χ2v) is 10.4. The number of fused-ring (bicyclic) bond motifs is 1. The number of sulfonamides is 1. The molecule has 2 aliphatic rings. The molecule has 1 atom stereocenters. The van der Waals surface area contributed by atoms with Gasteiger partial charge in [-0.15, -0.1) is 0 Å². The molecule has 1 fully saturated rings. The monoisotopic (exact) mass is 477 g/mol. The van der Waals surface area contributed by atoms with E-state index in [9.17, 15) is 18.0 Å². The van der Waals surface area contributed by atoms with Crippen molar-refractivity contribution in [2.75, 3.05) is 27.3 Å². The number of hydrogen-bond donors (Lipinski definition) is 2. The standard InChI is InChI=1S/C22H31N5O5S/c1-13(2)32-22(29)26-12-14(3)27(15(4)28)21-9-19(25-33(5,30)31)18(8-20(21)26)16(10-23)11-24-17-6-7-17/h8-11,13-14,17,25H,6-7,12,23H2,1-5H3/b16-10+,24-11?/t14-/m0/s1. The molecular formula is C22H31N5O5S. The molecule has 0 unspecified atom stereocenters. The molecule has 3 N–H and O–H groups in total. The molecule has 0 aromatic heterocycles. The summed E-state index contributed by atoms with van der Waals surface area (Å²) in [6.07, 6.45) is 5.08. The number of nitrogens with zero attached hydrogens (tertiary/aromatic N) is 3. The minimum atomic E-state index is -3.66. The van der Waals surface area contributed by atoms with E-state index >= 15 is 0 Å². The Kier molecular flexibility index (Phi) is 7.01. The third-order valence-corrected chi connectivity index (χ3v) is 5.80. The molecule has 1 saturated carbocycles. The normalized spacial score (nSPS) is 19.1. The summed E-state index contributed by atoms with van der Waals surface area (Å²) in [6.45, 7) is 6.96. The van der Waals surface area contributed by atoms with Crippen LogP contribution >= 0.6 is 0 Å². The van der Waals surface area contributed by atoms with Crippen LogP contribution in [-0.2, 0) is 19.6 Å². The molecule has 0 radical (unpaired) electrons. The second kappa shape index (κ2) is 9.42. The molecule has 0 bridgehead atoms. The largest absolute Gasteiger partial charge is 0.446 e. The molecule has 180 valence electrons. The smallest absolute Gasteiger partial charge is 0.414 e. The Labute approximate surface area is 194 Å². The summed E-state index contributed by atoms with van der Waals surface area (Å²) in [7, 11) is -3.66. The highest BCUT2D eigenvalue weighted by molar-refractivity contribution is 7.92. The van der Waals surface area contributed by atoms with Gasteiger partial charge in [0, 0.05) is 37.0 Å². The maximum absolute atomic E-state index is 12.9. The van der Waals surface area contributed by atoms with Crippen LogP contribution in [0.2, 0.25) is 0 Å². The zero-order valence-electron chi connectivity index (χ0n) is 19.5. The van der Waals surface area contributed by atoms with Crippen molar-refractivity contribution in [3.63, 3.8) is 0 Å². The van der Waals surface area contributed by atoms with Crippen molar-refractivity contribution in [2.24, 2.45) is 10.7 Å². The molecule has 1 heterocycles. The van der Waals surface area contributed by atoms with Crippen LogP contribution in [0.25, 0.3) is 5.57 Å². The third kappa shape index (κ3) is 5.84. The van der Waals surface area contributed by atoms with Crippen molar-refractivity contribution in [2.45, 2.75) is 58.7 Å². The van der Waals surface area contributed by atoms with E-state index in [2.05, 4.69) is 9.71 Å². The highest BCUT2D eigenvalue weighted by Gasteiger charge is 2.36. The number of nitrogens with two attached hydrogens (primary N) is 1. The number of carbonyl (C=O) groups excluding carboxylic acids is 2. The SMILES string of the molecule is CC(=O)N1c2cc(NS(C)(=O)=O)c(/C(C=NC3CC3)=C/N)cc2N(C(=O)OC(C)C)C[C@@H]1C. The predicted molar refractivity (Wildman–Crippen MR) is 130 cm³/mol. The van der Waals surface area contributed by atoms with Gasteiger partial charge in [0.2, 0.25) is 15.9 Å². The molecule has 2 amide bonds. The first-order valence-corrected chi connectivity index (χ1v) is 12.7. The molecule has 0 saturated heterocycles. The number of nitrogens with one attached hydrogen (secondary N) is 1. The highest BCUT2D eigenvalue weighted by Crippen LogP contribution is 2.42. The number of amides is 2. The quantitative estimate of drug-likeness (QED) is 0.605. The Morgan fingerprint density at radius 1 is 1.27 bits per heavy atom. The molecule has 10 nitrogen and oxygen atoms in total. The van der Waals surface area contributed by atoms with Crippen LogP contribution in [-0.4, -0.2) is 57.6 Å². The molecule has 3 rings (SSSR count).